The molecule has 1 aromatic rings. The van der Waals surface area contributed by atoms with Gasteiger partial charge in [-0.15, -0.1) is 0 Å². The van der Waals surface area contributed by atoms with E-state index in [1.807, 2.05) is 0 Å². The number of nitrogens with zero attached hydrogens (tertiary/aromatic N) is 2. The third-order valence-corrected chi connectivity index (χ3v) is 5.58. The zero-order valence-corrected chi connectivity index (χ0v) is 15.8. The summed E-state index contributed by atoms with van der Waals surface area (Å²) in [7, 11) is 4.40. The molecule has 0 radical (unpaired) electrons. The van der Waals surface area contributed by atoms with E-state index in [2.05, 4.69) is 71.7 Å². The Morgan fingerprint density at radius 2 is 1.64 bits per heavy atom. The van der Waals surface area contributed by atoms with E-state index in [1.54, 1.807) is 0 Å². The zero-order chi connectivity index (χ0) is 16.8. The molecule has 0 N–H and O–H groups in total. The first-order chi connectivity index (χ1) is 10.3. The molecule has 0 saturated carbocycles. The average molecular weight is 299 g/mol. The van der Waals surface area contributed by atoms with E-state index >= 15 is 0 Å². The zero-order valence-electron chi connectivity index (χ0n) is 15.8. The molecule has 1 aliphatic heterocycles. The predicted octanol–water partition coefficient (Wildman–Crippen LogP) is 4.78. The maximum Gasteiger partial charge on any atom is 0.213 e. The van der Waals surface area contributed by atoms with E-state index in [0.29, 0.717) is 0 Å². The highest BCUT2D eigenvalue weighted by molar-refractivity contribution is 5.99. The van der Waals surface area contributed by atoms with E-state index in [4.69, 9.17) is 0 Å². The smallest absolute Gasteiger partial charge is 0.213 e. The van der Waals surface area contributed by atoms with Crippen LogP contribution in [0.3, 0.4) is 0 Å². The molecule has 120 valence electrons. The summed E-state index contributed by atoms with van der Waals surface area (Å²) in [6.07, 6.45) is 2.20. The van der Waals surface area contributed by atoms with Crippen molar-refractivity contribution in [3.63, 3.8) is 0 Å². The summed E-state index contributed by atoms with van der Waals surface area (Å²) in [5.41, 5.74) is 12.8. The first-order valence-corrected chi connectivity index (χ1v) is 8.41. The van der Waals surface area contributed by atoms with Crippen molar-refractivity contribution >= 4 is 11.3 Å². The maximum atomic E-state index is 2.37. The Balaban J connectivity index is 2.77. The van der Waals surface area contributed by atoms with Crippen LogP contribution in [0.4, 0.5) is 0 Å². The highest BCUT2D eigenvalue weighted by atomic mass is 15.0. The Bertz CT molecular complexity index is 721. The van der Waals surface area contributed by atoms with Crippen LogP contribution in [-0.4, -0.2) is 21.9 Å². The summed E-state index contributed by atoms with van der Waals surface area (Å²) in [4.78, 5) is 0. The molecule has 2 heteroatoms. The number of hydrogen-bond acceptors (Lipinski definition) is 0. The molecule has 1 aliphatic rings. The molecule has 0 spiro atoms. The molecule has 2 rings (SSSR count). The molecular formula is C20H31N2+. The van der Waals surface area contributed by atoms with Gasteiger partial charge < -0.3 is 4.57 Å². The second kappa shape index (κ2) is 5.91. The third kappa shape index (κ3) is 2.20. The molecule has 0 bridgehead atoms. The fourth-order valence-electron chi connectivity index (χ4n) is 4.29. The van der Waals surface area contributed by atoms with Crippen molar-refractivity contribution in [3.05, 3.63) is 39.4 Å². The summed E-state index contributed by atoms with van der Waals surface area (Å²) in [6, 6.07) is 0. The fourth-order valence-corrected chi connectivity index (χ4v) is 4.29. The van der Waals surface area contributed by atoms with Crippen LogP contribution in [0.2, 0.25) is 0 Å². The number of likely N-dealkylation sites (N-methyl/N-ethyl adjacent to an activating group) is 1. The molecule has 0 unspecified atom stereocenters. The Labute approximate surface area is 135 Å². The van der Waals surface area contributed by atoms with Gasteiger partial charge in [0, 0.05) is 36.4 Å². The van der Waals surface area contributed by atoms with Crippen molar-refractivity contribution in [1.29, 1.82) is 0 Å². The van der Waals surface area contributed by atoms with Crippen LogP contribution in [0.1, 0.15) is 63.6 Å². The molecule has 2 nitrogen and oxygen atoms in total. The minimum absolute atomic E-state index is 1.10. The molecular weight excluding hydrogens is 268 g/mol. The van der Waals surface area contributed by atoms with Gasteiger partial charge in [-0.1, -0.05) is 13.8 Å². The van der Waals surface area contributed by atoms with Crippen molar-refractivity contribution in [3.8, 4) is 0 Å². The van der Waals surface area contributed by atoms with E-state index in [0.717, 1.165) is 12.8 Å². The van der Waals surface area contributed by atoms with Crippen LogP contribution in [0.5, 0.6) is 0 Å². The Hall–Kier alpha value is -1.57. The van der Waals surface area contributed by atoms with E-state index < -0.39 is 0 Å². The van der Waals surface area contributed by atoms with Crippen LogP contribution in [0, 0.1) is 13.8 Å². The van der Waals surface area contributed by atoms with Gasteiger partial charge in [0.05, 0.1) is 5.69 Å². The fraction of sp³-hybridized carbons (Fsp3) is 0.550. The Kier molecular flexibility index (Phi) is 4.51. The van der Waals surface area contributed by atoms with Crippen molar-refractivity contribution in [2.24, 2.45) is 7.05 Å². The summed E-state index contributed by atoms with van der Waals surface area (Å²) in [5.74, 6) is 0. The highest BCUT2D eigenvalue weighted by Crippen LogP contribution is 2.35. The van der Waals surface area contributed by atoms with Gasteiger partial charge >= 0.3 is 0 Å². The SMILES string of the molecule is CCC1=C(C)/C(=C(\C)c2c(C)c(CC)c(C)n2C)[N+](C)=C1C. The standard InChI is InChI=1S/C20H31N2/c1-10-17-12(3)19(21(8)15(17)6)14(5)20-13(4)18(11-2)16(7)22(20)9/h10-11H2,1-9H3/q+1. The van der Waals surface area contributed by atoms with Crippen molar-refractivity contribution in [2.75, 3.05) is 7.05 Å². The quantitative estimate of drug-likeness (QED) is 0.710. The third-order valence-electron chi connectivity index (χ3n) is 5.58. The van der Waals surface area contributed by atoms with Gasteiger partial charge in [-0.25, -0.2) is 0 Å². The van der Waals surface area contributed by atoms with Gasteiger partial charge in [-0.05, 0) is 51.7 Å². The molecule has 0 aliphatic carbocycles. The molecule has 22 heavy (non-hydrogen) atoms. The maximum absolute atomic E-state index is 2.37. The van der Waals surface area contributed by atoms with Gasteiger partial charge in [0.15, 0.2) is 5.71 Å². The van der Waals surface area contributed by atoms with Crippen LogP contribution in [0.15, 0.2) is 16.8 Å². The molecule has 1 aromatic heterocycles. The molecule has 0 saturated heterocycles. The van der Waals surface area contributed by atoms with E-state index in [-0.39, 0.29) is 0 Å². The Morgan fingerprint density at radius 3 is 2.05 bits per heavy atom. The topological polar surface area (TPSA) is 7.94 Å². The summed E-state index contributed by atoms with van der Waals surface area (Å²) < 4.78 is 4.74. The van der Waals surface area contributed by atoms with Crippen LogP contribution < -0.4 is 0 Å². The first kappa shape index (κ1) is 16.8. The number of rotatable bonds is 3. The van der Waals surface area contributed by atoms with Gasteiger partial charge in [-0.3, -0.25) is 0 Å². The molecule has 2 heterocycles. The van der Waals surface area contributed by atoms with Crippen LogP contribution in [-0.2, 0) is 13.5 Å². The molecule has 0 amide bonds. The first-order valence-electron chi connectivity index (χ1n) is 8.41. The minimum Gasteiger partial charge on any atom is -0.348 e. The van der Waals surface area contributed by atoms with E-state index in [1.165, 1.54) is 50.6 Å². The minimum atomic E-state index is 1.10. The van der Waals surface area contributed by atoms with E-state index in [9.17, 15) is 0 Å². The molecule has 0 aromatic carbocycles. The van der Waals surface area contributed by atoms with Gasteiger partial charge in [0.1, 0.15) is 7.05 Å². The monoisotopic (exact) mass is 299 g/mol. The normalized spacial score (nSPS) is 17.9. The lowest BCUT2D eigenvalue weighted by Gasteiger charge is -2.09. The van der Waals surface area contributed by atoms with Gasteiger partial charge in [-0.2, -0.15) is 4.58 Å². The van der Waals surface area contributed by atoms with Gasteiger partial charge in [0.2, 0.25) is 5.70 Å². The summed E-state index contributed by atoms with van der Waals surface area (Å²) in [6.45, 7) is 15.8. The van der Waals surface area contributed by atoms with Crippen molar-refractivity contribution in [2.45, 2.75) is 61.3 Å². The lowest BCUT2D eigenvalue weighted by molar-refractivity contribution is -0.435. The lowest BCUT2D eigenvalue weighted by Crippen LogP contribution is -2.10. The Morgan fingerprint density at radius 1 is 1.05 bits per heavy atom. The molecule has 0 fully saturated rings. The highest BCUT2D eigenvalue weighted by Gasteiger charge is 2.31. The summed E-state index contributed by atoms with van der Waals surface area (Å²) >= 11 is 0. The van der Waals surface area contributed by atoms with Crippen molar-refractivity contribution in [1.82, 2.24) is 4.57 Å². The molecule has 0 atom stereocenters. The van der Waals surface area contributed by atoms with Crippen molar-refractivity contribution < 1.29 is 4.58 Å². The van der Waals surface area contributed by atoms with Crippen LogP contribution in [0.25, 0.3) is 5.57 Å². The van der Waals surface area contributed by atoms with Crippen LogP contribution >= 0.6 is 0 Å². The van der Waals surface area contributed by atoms with Gasteiger partial charge in [0.25, 0.3) is 0 Å². The predicted molar refractivity (Wildman–Crippen MR) is 96.7 cm³/mol. The number of allylic oxidation sites excluding steroid dienone is 3. The second-order valence-corrected chi connectivity index (χ2v) is 6.53. The number of hydrogen-bond donors (Lipinski definition) is 0. The largest absolute Gasteiger partial charge is 0.348 e. The number of aromatic nitrogens is 1. The average Bonchev–Trinajstić information content (AvgIpc) is 2.81. The second-order valence-electron chi connectivity index (χ2n) is 6.53. The summed E-state index contributed by atoms with van der Waals surface area (Å²) in [5, 5.41) is 0. The lowest BCUT2D eigenvalue weighted by atomic mass is 9.99.